The second kappa shape index (κ2) is 6.13. The molecule has 0 radical (unpaired) electrons. The summed E-state index contributed by atoms with van der Waals surface area (Å²) >= 11 is 0. The largest absolute Gasteiger partial charge is 0.543 e. The zero-order chi connectivity index (χ0) is 18.3. The number of fused-ring (bicyclic) bond motifs is 1. The Morgan fingerprint density at radius 1 is 1.17 bits per heavy atom. The van der Waals surface area contributed by atoms with Crippen LogP contribution in [0.4, 0.5) is 0 Å². The molecule has 0 aliphatic carbocycles. The summed E-state index contributed by atoms with van der Waals surface area (Å²) in [6.45, 7) is 13.0. The molecule has 2 N–H and O–H groups in total. The van der Waals surface area contributed by atoms with Gasteiger partial charge in [-0.2, -0.15) is 0 Å². The standard InChI is InChI=1S/C19H26O4Si/c1-12(2)19(3,4)24(5,6)23-16-11-15(18(21)22)17(20)14-10-8-7-9-13(14)16/h7-12,20H,1-6H3,(H,21,22). The van der Waals surface area contributed by atoms with Crippen molar-refractivity contribution in [3.05, 3.63) is 35.9 Å². The minimum absolute atomic E-state index is 0.00459. The lowest BCUT2D eigenvalue weighted by Crippen LogP contribution is -2.48. The summed E-state index contributed by atoms with van der Waals surface area (Å²) in [5.74, 6) is -0.411. The van der Waals surface area contributed by atoms with Crippen LogP contribution in [0.15, 0.2) is 30.3 Å². The fourth-order valence-corrected chi connectivity index (χ4v) is 5.05. The summed E-state index contributed by atoms with van der Waals surface area (Å²) in [6, 6.07) is 8.65. The Balaban J connectivity index is 2.65. The molecule has 0 unspecified atom stereocenters. The molecule has 0 aromatic heterocycles. The molecule has 2 rings (SSSR count). The zero-order valence-corrected chi connectivity index (χ0v) is 16.2. The van der Waals surface area contributed by atoms with Crippen molar-refractivity contribution < 1.29 is 19.4 Å². The predicted molar refractivity (Wildman–Crippen MR) is 99.6 cm³/mol. The number of aromatic carboxylic acids is 1. The number of rotatable bonds is 5. The highest BCUT2D eigenvalue weighted by molar-refractivity contribution is 6.75. The highest BCUT2D eigenvalue weighted by Gasteiger charge is 2.45. The maximum Gasteiger partial charge on any atom is 0.339 e. The van der Waals surface area contributed by atoms with E-state index < -0.39 is 14.3 Å². The lowest BCUT2D eigenvalue weighted by molar-refractivity contribution is 0.0693. The molecule has 0 atom stereocenters. The minimum Gasteiger partial charge on any atom is -0.543 e. The lowest BCUT2D eigenvalue weighted by atomic mass is 9.99. The van der Waals surface area contributed by atoms with Crippen molar-refractivity contribution in [2.24, 2.45) is 5.92 Å². The van der Waals surface area contributed by atoms with Gasteiger partial charge in [0.15, 0.2) is 0 Å². The van der Waals surface area contributed by atoms with Crippen LogP contribution in [0.2, 0.25) is 18.1 Å². The molecule has 130 valence electrons. The molecular formula is C19H26O4Si. The van der Waals surface area contributed by atoms with Crippen LogP contribution in [-0.2, 0) is 0 Å². The molecule has 2 aromatic rings. The van der Waals surface area contributed by atoms with Crippen LogP contribution in [-0.4, -0.2) is 24.5 Å². The minimum atomic E-state index is -2.20. The molecule has 0 saturated carbocycles. The first-order valence-electron chi connectivity index (χ1n) is 8.16. The van der Waals surface area contributed by atoms with Crippen LogP contribution in [0.3, 0.4) is 0 Å². The molecule has 0 aliphatic heterocycles. The Hall–Kier alpha value is -2.01. The van der Waals surface area contributed by atoms with Crippen LogP contribution in [0, 0.1) is 5.92 Å². The molecule has 0 spiro atoms. The van der Waals surface area contributed by atoms with Crippen molar-refractivity contribution in [3.8, 4) is 11.5 Å². The van der Waals surface area contributed by atoms with E-state index >= 15 is 0 Å². The first-order chi connectivity index (χ1) is 11.0. The van der Waals surface area contributed by atoms with Gasteiger partial charge in [0.2, 0.25) is 0 Å². The SMILES string of the molecule is CC(C)C(C)(C)[Si](C)(C)Oc1cc(C(=O)O)c(O)c2ccccc12. The molecular weight excluding hydrogens is 320 g/mol. The quantitative estimate of drug-likeness (QED) is 0.724. The van der Waals surface area contributed by atoms with E-state index in [1.54, 1.807) is 12.1 Å². The first-order valence-corrected chi connectivity index (χ1v) is 11.1. The molecule has 5 heteroatoms. The van der Waals surface area contributed by atoms with E-state index in [9.17, 15) is 15.0 Å². The number of aromatic hydroxyl groups is 1. The van der Waals surface area contributed by atoms with Crippen molar-refractivity contribution in [1.82, 2.24) is 0 Å². The number of hydrogen-bond donors (Lipinski definition) is 2. The second-order valence-electron chi connectivity index (χ2n) is 7.61. The van der Waals surface area contributed by atoms with Gasteiger partial charge in [-0.15, -0.1) is 0 Å². The Bertz CT molecular complexity index is 778. The average Bonchev–Trinajstić information content (AvgIpc) is 2.49. The maximum absolute atomic E-state index is 11.5. The summed E-state index contributed by atoms with van der Waals surface area (Å²) in [6.07, 6.45) is 0. The van der Waals surface area contributed by atoms with Gasteiger partial charge in [0.25, 0.3) is 8.32 Å². The highest BCUT2D eigenvalue weighted by atomic mass is 28.4. The van der Waals surface area contributed by atoms with Crippen LogP contribution >= 0.6 is 0 Å². The van der Waals surface area contributed by atoms with Gasteiger partial charge in [-0.25, -0.2) is 4.79 Å². The summed E-state index contributed by atoms with van der Waals surface area (Å²) in [5, 5.41) is 20.9. The van der Waals surface area contributed by atoms with Gasteiger partial charge in [-0.3, -0.25) is 0 Å². The van der Waals surface area contributed by atoms with E-state index in [0.717, 1.165) is 5.39 Å². The molecule has 0 fully saturated rings. The summed E-state index contributed by atoms with van der Waals surface area (Å²) in [4.78, 5) is 11.5. The summed E-state index contributed by atoms with van der Waals surface area (Å²) < 4.78 is 6.45. The van der Waals surface area contributed by atoms with Gasteiger partial charge in [0.1, 0.15) is 17.1 Å². The average molecular weight is 346 g/mol. The Morgan fingerprint density at radius 3 is 2.21 bits per heavy atom. The van der Waals surface area contributed by atoms with E-state index in [2.05, 4.69) is 40.8 Å². The third kappa shape index (κ3) is 3.00. The second-order valence-corrected chi connectivity index (χ2v) is 12.1. The van der Waals surface area contributed by atoms with Gasteiger partial charge < -0.3 is 14.6 Å². The van der Waals surface area contributed by atoms with Gasteiger partial charge >= 0.3 is 5.97 Å². The van der Waals surface area contributed by atoms with E-state index in [4.69, 9.17) is 4.43 Å². The monoisotopic (exact) mass is 346 g/mol. The third-order valence-electron chi connectivity index (χ3n) is 5.57. The predicted octanol–water partition coefficient (Wildman–Crippen LogP) is 5.26. The van der Waals surface area contributed by atoms with Crippen molar-refractivity contribution in [1.29, 1.82) is 0 Å². The number of hydrogen-bond acceptors (Lipinski definition) is 3. The van der Waals surface area contributed by atoms with Crippen LogP contribution in [0.5, 0.6) is 11.5 Å². The number of carboxylic acids is 1. The summed E-state index contributed by atoms with van der Waals surface area (Å²) in [5.41, 5.74) is -0.129. The first kappa shape index (κ1) is 18.3. The van der Waals surface area contributed by atoms with Gasteiger partial charge in [-0.1, -0.05) is 52.0 Å². The van der Waals surface area contributed by atoms with E-state index in [0.29, 0.717) is 17.1 Å². The number of carbonyl (C=O) groups is 1. The molecule has 2 aromatic carbocycles. The van der Waals surface area contributed by atoms with Crippen molar-refractivity contribution >= 4 is 25.1 Å². The Labute approximate surface area is 144 Å². The zero-order valence-electron chi connectivity index (χ0n) is 15.2. The number of carboxylic acid groups (broad SMARTS) is 1. The fourth-order valence-electron chi connectivity index (χ4n) is 2.68. The topological polar surface area (TPSA) is 66.8 Å². The molecule has 0 aliphatic rings. The molecule has 4 nitrogen and oxygen atoms in total. The number of phenols is 1. The molecule has 0 saturated heterocycles. The van der Waals surface area contributed by atoms with Crippen molar-refractivity contribution in [3.63, 3.8) is 0 Å². The molecule has 0 heterocycles. The highest BCUT2D eigenvalue weighted by Crippen LogP contribution is 2.46. The normalized spacial score (nSPS) is 12.6. The van der Waals surface area contributed by atoms with Gasteiger partial charge in [-0.05, 0) is 30.1 Å². The maximum atomic E-state index is 11.5. The van der Waals surface area contributed by atoms with Gasteiger partial charge in [0, 0.05) is 10.8 Å². The molecule has 0 amide bonds. The molecule has 24 heavy (non-hydrogen) atoms. The van der Waals surface area contributed by atoms with E-state index in [-0.39, 0.29) is 16.4 Å². The van der Waals surface area contributed by atoms with Crippen LogP contribution < -0.4 is 4.43 Å². The van der Waals surface area contributed by atoms with E-state index in [1.807, 2.05) is 12.1 Å². The summed E-state index contributed by atoms with van der Waals surface area (Å²) in [7, 11) is -2.20. The van der Waals surface area contributed by atoms with Crippen molar-refractivity contribution in [2.45, 2.75) is 45.8 Å². The fraction of sp³-hybridized carbons (Fsp3) is 0.421. The third-order valence-corrected chi connectivity index (χ3v) is 9.98. The van der Waals surface area contributed by atoms with Crippen LogP contribution in [0.25, 0.3) is 10.8 Å². The Morgan fingerprint density at radius 2 is 1.71 bits per heavy atom. The Kier molecular flexibility index (Phi) is 4.68. The van der Waals surface area contributed by atoms with Crippen molar-refractivity contribution in [2.75, 3.05) is 0 Å². The lowest BCUT2D eigenvalue weighted by Gasteiger charge is -2.42. The van der Waals surface area contributed by atoms with Gasteiger partial charge in [0.05, 0.1) is 0 Å². The molecule has 0 bridgehead atoms. The van der Waals surface area contributed by atoms with Crippen LogP contribution in [0.1, 0.15) is 38.1 Å². The number of benzene rings is 2. The smallest absolute Gasteiger partial charge is 0.339 e. The van der Waals surface area contributed by atoms with E-state index in [1.165, 1.54) is 6.07 Å².